The number of nitriles is 1. The monoisotopic (exact) mass is 344 g/mol. The standard InChI is InChI=1S/C12H17IN4/c1-2-15-12(9-14)5-3-4-11(6-12)17-8-10(13)7-16-17/h7-8,11,15H,2-6H2,1H3. The van der Waals surface area contributed by atoms with Crippen molar-refractivity contribution in [2.45, 2.75) is 44.2 Å². The van der Waals surface area contributed by atoms with Gasteiger partial charge < -0.3 is 0 Å². The molecule has 92 valence electrons. The van der Waals surface area contributed by atoms with Crippen molar-refractivity contribution >= 4 is 22.6 Å². The highest BCUT2D eigenvalue weighted by atomic mass is 127. The van der Waals surface area contributed by atoms with E-state index >= 15 is 0 Å². The molecule has 0 bridgehead atoms. The van der Waals surface area contributed by atoms with Gasteiger partial charge in [-0.05, 0) is 48.4 Å². The number of rotatable bonds is 3. The van der Waals surface area contributed by atoms with E-state index < -0.39 is 0 Å². The van der Waals surface area contributed by atoms with Crippen LogP contribution >= 0.6 is 22.6 Å². The van der Waals surface area contributed by atoms with E-state index in [0.717, 1.165) is 35.8 Å². The molecule has 5 heteroatoms. The van der Waals surface area contributed by atoms with Crippen molar-refractivity contribution in [1.82, 2.24) is 15.1 Å². The van der Waals surface area contributed by atoms with Crippen molar-refractivity contribution in [3.63, 3.8) is 0 Å². The van der Waals surface area contributed by atoms with Gasteiger partial charge in [-0.25, -0.2) is 0 Å². The van der Waals surface area contributed by atoms with Crippen LogP contribution in [0.15, 0.2) is 12.4 Å². The molecule has 1 heterocycles. The van der Waals surface area contributed by atoms with Crippen LogP contribution in [0, 0.1) is 14.9 Å². The van der Waals surface area contributed by atoms with Crippen molar-refractivity contribution in [3.05, 3.63) is 16.0 Å². The lowest BCUT2D eigenvalue weighted by Crippen LogP contribution is -2.47. The Morgan fingerprint density at radius 2 is 2.59 bits per heavy atom. The van der Waals surface area contributed by atoms with E-state index in [0.29, 0.717) is 6.04 Å². The summed E-state index contributed by atoms with van der Waals surface area (Å²) in [5, 5.41) is 17.1. The first-order chi connectivity index (χ1) is 8.19. The summed E-state index contributed by atoms with van der Waals surface area (Å²) >= 11 is 2.27. The zero-order valence-electron chi connectivity index (χ0n) is 9.99. The lowest BCUT2D eigenvalue weighted by Gasteiger charge is -2.36. The summed E-state index contributed by atoms with van der Waals surface area (Å²) in [7, 11) is 0. The fourth-order valence-corrected chi connectivity index (χ4v) is 3.04. The number of nitrogens with zero attached hydrogens (tertiary/aromatic N) is 3. The van der Waals surface area contributed by atoms with Gasteiger partial charge in [-0.1, -0.05) is 6.92 Å². The summed E-state index contributed by atoms with van der Waals surface area (Å²) < 4.78 is 3.17. The molecule has 2 unspecified atom stereocenters. The lowest BCUT2D eigenvalue weighted by atomic mass is 9.80. The Morgan fingerprint density at radius 3 is 3.18 bits per heavy atom. The second-order valence-electron chi connectivity index (χ2n) is 4.61. The molecule has 0 amide bonds. The van der Waals surface area contributed by atoms with Crippen LogP contribution in [0.4, 0.5) is 0 Å². The topological polar surface area (TPSA) is 53.6 Å². The number of nitrogens with one attached hydrogen (secondary N) is 1. The minimum absolute atomic E-state index is 0.352. The molecule has 17 heavy (non-hydrogen) atoms. The van der Waals surface area contributed by atoms with Crippen molar-refractivity contribution in [3.8, 4) is 6.07 Å². The van der Waals surface area contributed by atoms with Gasteiger partial charge in [-0.15, -0.1) is 0 Å². The van der Waals surface area contributed by atoms with Crippen LogP contribution in [0.2, 0.25) is 0 Å². The van der Waals surface area contributed by atoms with E-state index in [1.165, 1.54) is 0 Å². The zero-order chi connectivity index (χ0) is 12.3. The molecule has 0 aliphatic heterocycles. The van der Waals surface area contributed by atoms with Crippen molar-refractivity contribution in [2.75, 3.05) is 6.54 Å². The molecular weight excluding hydrogens is 327 g/mol. The second kappa shape index (κ2) is 5.36. The molecule has 0 spiro atoms. The quantitative estimate of drug-likeness (QED) is 0.857. The average molecular weight is 344 g/mol. The molecule has 2 atom stereocenters. The fraction of sp³-hybridized carbons (Fsp3) is 0.667. The highest BCUT2D eigenvalue weighted by molar-refractivity contribution is 14.1. The molecule has 1 aliphatic rings. The summed E-state index contributed by atoms with van der Waals surface area (Å²) in [4.78, 5) is 0. The third-order valence-electron chi connectivity index (χ3n) is 3.40. The summed E-state index contributed by atoms with van der Waals surface area (Å²) in [6, 6.07) is 2.82. The predicted octanol–water partition coefficient (Wildman–Crippen LogP) is 2.47. The summed E-state index contributed by atoms with van der Waals surface area (Å²) in [6.45, 7) is 2.90. The van der Waals surface area contributed by atoms with Gasteiger partial charge in [0, 0.05) is 12.6 Å². The molecule has 1 N–H and O–H groups in total. The van der Waals surface area contributed by atoms with Gasteiger partial charge >= 0.3 is 0 Å². The molecule has 0 radical (unpaired) electrons. The molecule has 2 rings (SSSR count). The van der Waals surface area contributed by atoms with Crippen LogP contribution in [-0.2, 0) is 0 Å². The van der Waals surface area contributed by atoms with Gasteiger partial charge in [0.1, 0.15) is 5.54 Å². The van der Waals surface area contributed by atoms with Crippen LogP contribution < -0.4 is 5.32 Å². The van der Waals surface area contributed by atoms with Crippen molar-refractivity contribution < 1.29 is 0 Å². The Kier molecular flexibility index (Phi) is 4.05. The van der Waals surface area contributed by atoms with Gasteiger partial charge in [0.05, 0.1) is 21.9 Å². The van der Waals surface area contributed by atoms with E-state index in [2.05, 4.69) is 52.2 Å². The number of aromatic nitrogens is 2. The highest BCUT2D eigenvalue weighted by Gasteiger charge is 2.36. The Morgan fingerprint density at radius 1 is 1.76 bits per heavy atom. The maximum Gasteiger partial charge on any atom is 0.108 e. The molecule has 4 nitrogen and oxygen atoms in total. The van der Waals surface area contributed by atoms with Crippen LogP contribution in [0.25, 0.3) is 0 Å². The summed E-state index contributed by atoms with van der Waals surface area (Å²) in [5.74, 6) is 0. The molecule has 1 fully saturated rings. The third-order valence-corrected chi connectivity index (χ3v) is 3.96. The normalized spacial score (nSPS) is 28.9. The van der Waals surface area contributed by atoms with Crippen molar-refractivity contribution in [1.29, 1.82) is 5.26 Å². The first kappa shape index (κ1) is 12.8. The predicted molar refractivity (Wildman–Crippen MR) is 74.5 cm³/mol. The first-order valence-electron chi connectivity index (χ1n) is 6.05. The van der Waals surface area contributed by atoms with Gasteiger partial charge in [-0.3, -0.25) is 10.00 Å². The molecule has 1 aliphatic carbocycles. The van der Waals surface area contributed by atoms with E-state index in [-0.39, 0.29) is 5.54 Å². The molecule has 0 saturated heterocycles. The van der Waals surface area contributed by atoms with Crippen molar-refractivity contribution in [2.24, 2.45) is 0 Å². The molecule has 1 aromatic rings. The highest BCUT2D eigenvalue weighted by Crippen LogP contribution is 2.34. The SMILES string of the molecule is CCNC1(C#N)CCCC(n2cc(I)cn2)C1. The number of halogens is 1. The van der Waals surface area contributed by atoms with Gasteiger partial charge in [0.25, 0.3) is 0 Å². The Bertz CT molecular complexity index is 418. The third kappa shape index (κ3) is 2.80. The maximum atomic E-state index is 9.40. The van der Waals surface area contributed by atoms with Gasteiger partial charge in [0.15, 0.2) is 0 Å². The van der Waals surface area contributed by atoms with E-state index in [9.17, 15) is 5.26 Å². The van der Waals surface area contributed by atoms with E-state index in [1.54, 1.807) is 0 Å². The van der Waals surface area contributed by atoms with Crippen LogP contribution in [0.3, 0.4) is 0 Å². The van der Waals surface area contributed by atoms with Gasteiger partial charge in [0.2, 0.25) is 0 Å². The largest absolute Gasteiger partial charge is 0.300 e. The van der Waals surface area contributed by atoms with Crippen LogP contribution in [0.5, 0.6) is 0 Å². The number of hydrogen-bond acceptors (Lipinski definition) is 3. The average Bonchev–Trinajstić information content (AvgIpc) is 2.77. The Labute approximate surface area is 116 Å². The fourth-order valence-electron chi connectivity index (χ4n) is 2.63. The van der Waals surface area contributed by atoms with Crippen LogP contribution in [0.1, 0.15) is 38.6 Å². The van der Waals surface area contributed by atoms with E-state index in [1.807, 2.05) is 10.9 Å². The molecule has 1 saturated carbocycles. The number of hydrogen-bond donors (Lipinski definition) is 1. The molecule has 1 aromatic heterocycles. The summed E-state index contributed by atoms with van der Waals surface area (Å²) in [5.41, 5.74) is -0.352. The molecule has 0 aromatic carbocycles. The van der Waals surface area contributed by atoms with Gasteiger partial charge in [-0.2, -0.15) is 10.4 Å². The maximum absolute atomic E-state index is 9.40. The smallest absolute Gasteiger partial charge is 0.108 e. The Hall–Kier alpha value is -0.610. The van der Waals surface area contributed by atoms with E-state index in [4.69, 9.17) is 0 Å². The summed E-state index contributed by atoms with van der Waals surface area (Å²) in [6.07, 6.45) is 7.94. The zero-order valence-corrected chi connectivity index (χ0v) is 12.1. The second-order valence-corrected chi connectivity index (χ2v) is 5.86. The minimum Gasteiger partial charge on any atom is -0.300 e. The molecular formula is C12H17IN4. The lowest BCUT2D eigenvalue weighted by molar-refractivity contribution is 0.223. The van der Waals surface area contributed by atoms with Crippen LogP contribution in [-0.4, -0.2) is 21.9 Å². The Balaban J connectivity index is 2.14. The minimum atomic E-state index is -0.352. The first-order valence-corrected chi connectivity index (χ1v) is 7.13.